The standard InChI is InChI=1S/C30H43N9O3/c1-29(2,3)42-28(40)34-20-30(19-31)11-15-37(16-12-30)23-18-33-25-26(35-23)39(24-10-4-5-17-41-24)36-27(25)38-14-7-8-21-22(38)9-6-13-32-21/h6,9,13,18,24H,4-5,7-8,10-12,14-17,19-20,31H2,1-3H3,(H,34,40). The van der Waals surface area contributed by atoms with E-state index in [1.807, 2.05) is 43.9 Å². The number of hydrogen-bond acceptors (Lipinski definition) is 10. The lowest BCUT2D eigenvalue weighted by molar-refractivity contribution is -0.0368. The number of aromatic nitrogens is 5. The second-order valence-corrected chi connectivity index (χ2v) is 12.8. The summed E-state index contributed by atoms with van der Waals surface area (Å²) < 4.78 is 13.6. The topological polar surface area (TPSA) is 137 Å². The molecule has 6 rings (SSSR count). The van der Waals surface area contributed by atoms with E-state index in [1.165, 1.54) is 0 Å². The van der Waals surface area contributed by atoms with Gasteiger partial charge in [-0.3, -0.25) is 4.98 Å². The Morgan fingerprint density at radius 1 is 1.19 bits per heavy atom. The number of aryl methyl sites for hydroxylation is 1. The van der Waals surface area contributed by atoms with Crippen LogP contribution in [0.4, 0.5) is 22.1 Å². The summed E-state index contributed by atoms with van der Waals surface area (Å²) >= 11 is 0. The molecule has 3 aliphatic rings. The van der Waals surface area contributed by atoms with Crippen molar-refractivity contribution in [3.05, 3.63) is 30.2 Å². The number of hydrogen-bond donors (Lipinski definition) is 2. The van der Waals surface area contributed by atoms with Crippen LogP contribution in [-0.2, 0) is 15.9 Å². The highest BCUT2D eigenvalue weighted by atomic mass is 16.6. The Labute approximate surface area is 247 Å². The van der Waals surface area contributed by atoms with E-state index in [0.29, 0.717) is 13.1 Å². The number of fused-ring (bicyclic) bond motifs is 2. The Bertz CT molecular complexity index is 1400. The van der Waals surface area contributed by atoms with Gasteiger partial charge in [0.05, 0.1) is 17.6 Å². The zero-order chi connectivity index (χ0) is 29.3. The molecule has 3 aromatic heterocycles. The van der Waals surface area contributed by atoms with E-state index in [2.05, 4.69) is 26.2 Å². The molecule has 1 atom stereocenters. The second-order valence-electron chi connectivity index (χ2n) is 12.8. The minimum Gasteiger partial charge on any atom is -0.444 e. The normalized spacial score (nSPS) is 20.8. The maximum Gasteiger partial charge on any atom is 0.407 e. The van der Waals surface area contributed by atoms with E-state index in [0.717, 1.165) is 105 Å². The van der Waals surface area contributed by atoms with Gasteiger partial charge in [0.25, 0.3) is 0 Å². The molecule has 226 valence electrons. The van der Waals surface area contributed by atoms with Crippen molar-refractivity contribution in [1.29, 1.82) is 0 Å². The Hall–Kier alpha value is -3.51. The molecular formula is C30H43N9O3. The molecule has 2 fully saturated rings. The molecule has 12 nitrogen and oxygen atoms in total. The molecule has 42 heavy (non-hydrogen) atoms. The molecule has 0 bridgehead atoms. The first-order chi connectivity index (χ1) is 20.3. The molecule has 0 saturated carbocycles. The summed E-state index contributed by atoms with van der Waals surface area (Å²) in [6, 6.07) is 4.09. The number of carbonyl (C=O) groups is 1. The molecule has 0 aromatic carbocycles. The van der Waals surface area contributed by atoms with Crippen LogP contribution in [0.15, 0.2) is 24.5 Å². The van der Waals surface area contributed by atoms with Crippen LogP contribution >= 0.6 is 0 Å². The van der Waals surface area contributed by atoms with Crippen molar-refractivity contribution in [2.24, 2.45) is 11.1 Å². The summed E-state index contributed by atoms with van der Waals surface area (Å²) in [6.07, 6.45) is 9.81. The fourth-order valence-corrected chi connectivity index (χ4v) is 6.19. The number of alkyl carbamates (subject to hydrolysis) is 1. The van der Waals surface area contributed by atoms with Crippen LogP contribution in [0.2, 0.25) is 0 Å². The minimum absolute atomic E-state index is 0.164. The monoisotopic (exact) mass is 577 g/mol. The predicted molar refractivity (Wildman–Crippen MR) is 161 cm³/mol. The molecule has 12 heteroatoms. The highest BCUT2D eigenvalue weighted by Gasteiger charge is 2.36. The third-order valence-electron chi connectivity index (χ3n) is 8.60. The quantitative estimate of drug-likeness (QED) is 0.441. The van der Waals surface area contributed by atoms with Crippen molar-refractivity contribution in [2.75, 3.05) is 49.1 Å². The Morgan fingerprint density at radius 3 is 2.76 bits per heavy atom. The van der Waals surface area contributed by atoms with E-state index in [9.17, 15) is 4.79 Å². The number of amides is 1. The van der Waals surface area contributed by atoms with Crippen LogP contribution < -0.4 is 20.9 Å². The molecular weight excluding hydrogens is 534 g/mol. The predicted octanol–water partition coefficient (Wildman–Crippen LogP) is 4.07. The van der Waals surface area contributed by atoms with E-state index in [4.69, 9.17) is 30.3 Å². The van der Waals surface area contributed by atoms with Gasteiger partial charge in [-0.15, -0.1) is 5.10 Å². The van der Waals surface area contributed by atoms with Crippen LogP contribution in [0.3, 0.4) is 0 Å². The van der Waals surface area contributed by atoms with Gasteiger partial charge in [-0.1, -0.05) is 0 Å². The molecule has 3 aromatic rings. The molecule has 0 radical (unpaired) electrons. The summed E-state index contributed by atoms with van der Waals surface area (Å²) in [7, 11) is 0. The van der Waals surface area contributed by atoms with Crippen LogP contribution in [0.25, 0.3) is 11.2 Å². The summed E-state index contributed by atoms with van der Waals surface area (Å²) in [4.78, 5) is 31.5. The molecule has 1 unspecified atom stereocenters. The van der Waals surface area contributed by atoms with Crippen molar-refractivity contribution < 1.29 is 14.3 Å². The summed E-state index contributed by atoms with van der Waals surface area (Å²) in [5.74, 6) is 1.62. The van der Waals surface area contributed by atoms with Gasteiger partial charge in [0, 0.05) is 44.4 Å². The lowest BCUT2D eigenvalue weighted by atomic mass is 9.78. The first-order valence-corrected chi connectivity index (χ1v) is 15.3. The van der Waals surface area contributed by atoms with Gasteiger partial charge in [0.2, 0.25) is 0 Å². The van der Waals surface area contributed by atoms with E-state index >= 15 is 0 Å². The van der Waals surface area contributed by atoms with Gasteiger partial charge in [-0.25, -0.2) is 19.4 Å². The number of carbonyl (C=O) groups excluding carboxylic acids is 1. The van der Waals surface area contributed by atoms with Gasteiger partial charge in [-0.2, -0.15) is 0 Å². The molecule has 1 amide bonds. The fourth-order valence-electron chi connectivity index (χ4n) is 6.19. The Kier molecular flexibility index (Phi) is 7.93. The SMILES string of the molecule is CC(C)(C)OC(=O)NCC1(CN)CCN(c2cnc3c(N4CCCc5ncccc54)nn(C4CCCCO4)c3n2)CC1. The van der Waals surface area contributed by atoms with Crippen LogP contribution in [-0.4, -0.2) is 75.8 Å². The van der Waals surface area contributed by atoms with Crippen molar-refractivity contribution in [3.63, 3.8) is 0 Å². The third-order valence-corrected chi connectivity index (χ3v) is 8.60. The first kappa shape index (κ1) is 28.6. The van der Waals surface area contributed by atoms with E-state index in [-0.39, 0.29) is 11.6 Å². The van der Waals surface area contributed by atoms with Gasteiger partial charge in [-0.05, 0) is 84.4 Å². The lowest BCUT2D eigenvalue weighted by Crippen LogP contribution is -2.50. The highest BCUT2D eigenvalue weighted by Crippen LogP contribution is 2.38. The summed E-state index contributed by atoms with van der Waals surface area (Å²) in [6.45, 7) is 9.65. The lowest BCUT2D eigenvalue weighted by Gasteiger charge is -2.41. The average Bonchev–Trinajstić information content (AvgIpc) is 3.38. The zero-order valence-corrected chi connectivity index (χ0v) is 25.0. The third kappa shape index (κ3) is 5.87. The number of nitrogens with two attached hydrogens (primary N) is 1. The minimum atomic E-state index is -0.538. The van der Waals surface area contributed by atoms with Gasteiger partial charge < -0.3 is 30.3 Å². The van der Waals surface area contributed by atoms with Crippen LogP contribution in [0.5, 0.6) is 0 Å². The summed E-state index contributed by atoms with van der Waals surface area (Å²) in [5.41, 5.74) is 9.21. The Morgan fingerprint density at radius 2 is 2.02 bits per heavy atom. The first-order valence-electron chi connectivity index (χ1n) is 15.3. The number of rotatable bonds is 6. The number of pyridine rings is 1. The number of anilines is 3. The number of nitrogens with zero attached hydrogens (tertiary/aromatic N) is 7. The molecule has 3 N–H and O–H groups in total. The number of piperidine rings is 1. The van der Waals surface area contributed by atoms with Crippen LogP contribution in [0.1, 0.15) is 71.2 Å². The second kappa shape index (κ2) is 11.6. The fraction of sp³-hybridized carbons (Fsp3) is 0.633. The molecule has 6 heterocycles. The van der Waals surface area contributed by atoms with Gasteiger partial charge in [0.15, 0.2) is 23.2 Å². The average molecular weight is 578 g/mol. The van der Waals surface area contributed by atoms with E-state index in [1.54, 1.807) is 0 Å². The molecule has 0 aliphatic carbocycles. The number of ether oxygens (including phenoxy) is 2. The van der Waals surface area contributed by atoms with Crippen molar-refractivity contribution in [3.8, 4) is 0 Å². The van der Waals surface area contributed by atoms with Crippen molar-refractivity contribution >= 4 is 34.6 Å². The Balaban J connectivity index is 1.25. The number of nitrogens with one attached hydrogen (secondary N) is 1. The van der Waals surface area contributed by atoms with Gasteiger partial charge in [0.1, 0.15) is 11.4 Å². The van der Waals surface area contributed by atoms with Crippen molar-refractivity contribution in [2.45, 2.75) is 77.5 Å². The maximum absolute atomic E-state index is 12.3. The largest absolute Gasteiger partial charge is 0.444 e. The van der Waals surface area contributed by atoms with Gasteiger partial charge >= 0.3 is 6.09 Å². The smallest absolute Gasteiger partial charge is 0.407 e. The molecule has 2 saturated heterocycles. The summed E-state index contributed by atoms with van der Waals surface area (Å²) in [5, 5.41) is 8.04. The zero-order valence-electron chi connectivity index (χ0n) is 25.0. The maximum atomic E-state index is 12.3. The van der Waals surface area contributed by atoms with Crippen LogP contribution in [0, 0.1) is 5.41 Å². The molecule has 0 spiro atoms. The highest BCUT2D eigenvalue weighted by molar-refractivity contribution is 5.88. The van der Waals surface area contributed by atoms with E-state index < -0.39 is 11.7 Å². The van der Waals surface area contributed by atoms with Crippen molar-refractivity contribution in [1.82, 2.24) is 30.0 Å². The molecule has 3 aliphatic heterocycles.